The van der Waals surface area contributed by atoms with Crippen LogP contribution in [0, 0.1) is 5.41 Å². The van der Waals surface area contributed by atoms with Crippen molar-refractivity contribution in [2.75, 3.05) is 20.1 Å². The summed E-state index contributed by atoms with van der Waals surface area (Å²) in [7, 11) is 1.92. The van der Waals surface area contributed by atoms with Gasteiger partial charge < -0.3 is 10.6 Å². The molecule has 1 saturated carbocycles. The van der Waals surface area contributed by atoms with Crippen molar-refractivity contribution in [2.45, 2.75) is 44.9 Å². The van der Waals surface area contributed by atoms with Crippen molar-refractivity contribution in [3.05, 3.63) is 35.9 Å². The van der Waals surface area contributed by atoms with Crippen molar-refractivity contribution in [1.82, 2.24) is 4.90 Å². The van der Waals surface area contributed by atoms with E-state index in [1.54, 1.807) is 0 Å². The maximum absolute atomic E-state index is 12.9. The number of amides is 1. The van der Waals surface area contributed by atoms with E-state index in [1.807, 2.05) is 30.1 Å². The predicted molar refractivity (Wildman–Crippen MR) is 87.0 cm³/mol. The van der Waals surface area contributed by atoms with E-state index in [2.05, 4.69) is 12.1 Å². The highest BCUT2D eigenvalue weighted by molar-refractivity contribution is 5.82. The lowest BCUT2D eigenvalue weighted by molar-refractivity contribution is -0.141. The number of benzene rings is 1. The average molecular weight is 288 g/mol. The van der Waals surface area contributed by atoms with E-state index in [0.29, 0.717) is 6.54 Å². The number of likely N-dealkylation sites (N-methyl/N-ethyl adjacent to an activating group) is 1. The molecule has 21 heavy (non-hydrogen) atoms. The van der Waals surface area contributed by atoms with E-state index in [4.69, 9.17) is 5.73 Å². The Kier molecular flexibility index (Phi) is 5.80. The van der Waals surface area contributed by atoms with Crippen molar-refractivity contribution >= 4 is 5.91 Å². The van der Waals surface area contributed by atoms with Crippen molar-refractivity contribution in [2.24, 2.45) is 11.1 Å². The Labute approximate surface area is 128 Å². The molecular formula is C18H28N2O. The Morgan fingerprint density at radius 3 is 2.33 bits per heavy atom. The maximum atomic E-state index is 12.9. The van der Waals surface area contributed by atoms with Crippen LogP contribution in [0.4, 0.5) is 0 Å². The molecule has 1 fully saturated rings. The topological polar surface area (TPSA) is 46.3 Å². The normalized spacial score (nSPS) is 18.0. The Balaban J connectivity index is 1.96. The summed E-state index contributed by atoms with van der Waals surface area (Å²) in [5.74, 6) is 0.253. The van der Waals surface area contributed by atoms with E-state index in [0.717, 1.165) is 38.6 Å². The van der Waals surface area contributed by atoms with Crippen LogP contribution in [0.1, 0.15) is 44.1 Å². The van der Waals surface area contributed by atoms with Gasteiger partial charge in [-0.1, -0.05) is 56.0 Å². The molecule has 0 bridgehead atoms. The summed E-state index contributed by atoms with van der Waals surface area (Å²) in [4.78, 5) is 14.8. The first-order chi connectivity index (χ1) is 10.2. The fraction of sp³-hybridized carbons (Fsp3) is 0.611. The quantitative estimate of drug-likeness (QED) is 0.847. The highest BCUT2D eigenvalue weighted by Gasteiger charge is 2.38. The maximum Gasteiger partial charge on any atom is 0.229 e. The molecule has 0 heterocycles. The SMILES string of the molecule is CN(CCc1ccccc1)C(=O)C1(CN)CCCCCC1. The van der Waals surface area contributed by atoms with Gasteiger partial charge in [0.05, 0.1) is 5.41 Å². The number of hydrogen-bond acceptors (Lipinski definition) is 2. The van der Waals surface area contributed by atoms with Crippen molar-refractivity contribution in [3.8, 4) is 0 Å². The summed E-state index contributed by atoms with van der Waals surface area (Å²) in [6.45, 7) is 1.26. The molecule has 2 rings (SSSR count). The van der Waals surface area contributed by atoms with Gasteiger partial charge in [-0.2, -0.15) is 0 Å². The third-order valence-corrected chi connectivity index (χ3v) is 4.83. The monoisotopic (exact) mass is 288 g/mol. The third kappa shape index (κ3) is 4.07. The molecule has 0 unspecified atom stereocenters. The summed E-state index contributed by atoms with van der Waals surface area (Å²) in [6, 6.07) is 10.3. The highest BCUT2D eigenvalue weighted by atomic mass is 16.2. The zero-order chi connectivity index (χ0) is 15.1. The molecule has 1 aliphatic carbocycles. The molecule has 0 aromatic heterocycles. The third-order valence-electron chi connectivity index (χ3n) is 4.83. The van der Waals surface area contributed by atoms with Gasteiger partial charge in [0.1, 0.15) is 0 Å². The molecule has 3 nitrogen and oxygen atoms in total. The fourth-order valence-electron chi connectivity index (χ4n) is 3.36. The van der Waals surface area contributed by atoms with Crippen LogP contribution in [0.15, 0.2) is 30.3 Å². The standard InChI is InChI=1S/C18H28N2O/c1-20(14-11-16-9-5-4-6-10-16)17(21)18(15-19)12-7-2-3-8-13-18/h4-6,9-10H,2-3,7-8,11-15,19H2,1H3. The van der Waals surface area contributed by atoms with Gasteiger partial charge in [0.2, 0.25) is 5.91 Å². The van der Waals surface area contributed by atoms with Crippen molar-refractivity contribution in [1.29, 1.82) is 0 Å². The first kappa shape index (κ1) is 16.0. The highest BCUT2D eigenvalue weighted by Crippen LogP contribution is 2.35. The molecule has 1 aromatic carbocycles. The van der Waals surface area contributed by atoms with E-state index in [9.17, 15) is 4.79 Å². The predicted octanol–water partition coefficient (Wildman–Crippen LogP) is 2.99. The van der Waals surface area contributed by atoms with Crippen LogP contribution in [0.2, 0.25) is 0 Å². The zero-order valence-electron chi connectivity index (χ0n) is 13.2. The van der Waals surface area contributed by atoms with Gasteiger partial charge >= 0.3 is 0 Å². The molecular weight excluding hydrogens is 260 g/mol. The van der Waals surface area contributed by atoms with E-state index in [1.165, 1.54) is 18.4 Å². The summed E-state index contributed by atoms with van der Waals surface area (Å²) in [5, 5.41) is 0. The van der Waals surface area contributed by atoms with Crippen LogP contribution < -0.4 is 5.73 Å². The van der Waals surface area contributed by atoms with Crippen LogP contribution in [0.3, 0.4) is 0 Å². The largest absolute Gasteiger partial charge is 0.345 e. The Morgan fingerprint density at radius 2 is 1.76 bits per heavy atom. The lowest BCUT2D eigenvalue weighted by Crippen LogP contribution is -2.47. The molecule has 0 saturated heterocycles. The van der Waals surface area contributed by atoms with E-state index >= 15 is 0 Å². The number of nitrogens with two attached hydrogens (primary N) is 1. The molecule has 1 amide bonds. The van der Waals surface area contributed by atoms with E-state index in [-0.39, 0.29) is 11.3 Å². The molecule has 0 atom stereocenters. The van der Waals surface area contributed by atoms with E-state index < -0.39 is 0 Å². The van der Waals surface area contributed by atoms with Gasteiger partial charge in [-0.15, -0.1) is 0 Å². The number of nitrogens with zero attached hydrogens (tertiary/aromatic N) is 1. The Hall–Kier alpha value is -1.35. The smallest absolute Gasteiger partial charge is 0.229 e. The number of carbonyl (C=O) groups is 1. The average Bonchev–Trinajstić information content (AvgIpc) is 2.79. The van der Waals surface area contributed by atoms with Gasteiger partial charge in [0, 0.05) is 20.1 Å². The molecule has 116 valence electrons. The van der Waals surface area contributed by atoms with Gasteiger partial charge in [0.15, 0.2) is 0 Å². The van der Waals surface area contributed by atoms with Gasteiger partial charge in [-0.25, -0.2) is 0 Å². The minimum absolute atomic E-state index is 0.253. The summed E-state index contributed by atoms with van der Waals surface area (Å²) < 4.78 is 0. The summed E-state index contributed by atoms with van der Waals surface area (Å²) in [6.07, 6.45) is 7.57. The van der Waals surface area contributed by atoms with Crippen LogP contribution in [0.25, 0.3) is 0 Å². The lowest BCUT2D eigenvalue weighted by atomic mass is 9.79. The van der Waals surface area contributed by atoms with Crippen LogP contribution >= 0.6 is 0 Å². The minimum Gasteiger partial charge on any atom is -0.345 e. The van der Waals surface area contributed by atoms with Crippen molar-refractivity contribution < 1.29 is 4.79 Å². The number of rotatable bonds is 5. The molecule has 0 radical (unpaired) electrons. The fourth-order valence-corrected chi connectivity index (χ4v) is 3.36. The minimum atomic E-state index is -0.304. The van der Waals surface area contributed by atoms with Crippen LogP contribution in [-0.4, -0.2) is 30.9 Å². The van der Waals surface area contributed by atoms with Crippen molar-refractivity contribution in [3.63, 3.8) is 0 Å². The molecule has 0 aliphatic heterocycles. The molecule has 0 spiro atoms. The summed E-state index contributed by atoms with van der Waals surface area (Å²) >= 11 is 0. The number of hydrogen-bond donors (Lipinski definition) is 1. The van der Waals surface area contributed by atoms with Gasteiger partial charge in [-0.05, 0) is 24.8 Å². The first-order valence-corrected chi connectivity index (χ1v) is 8.17. The first-order valence-electron chi connectivity index (χ1n) is 8.17. The molecule has 1 aliphatic rings. The van der Waals surface area contributed by atoms with Crippen LogP contribution in [-0.2, 0) is 11.2 Å². The molecule has 3 heteroatoms. The zero-order valence-corrected chi connectivity index (χ0v) is 13.2. The van der Waals surface area contributed by atoms with Crippen LogP contribution in [0.5, 0.6) is 0 Å². The summed E-state index contributed by atoms with van der Waals surface area (Å²) in [5.41, 5.74) is 6.98. The van der Waals surface area contributed by atoms with Gasteiger partial charge in [-0.3, -0.25) is 4.79 Å². The van der Waals surface area contributed by atoms with Gasteiger partial charge in [0.25, 0.3) is 0 Å². The number of carbonyl (C=O) groups excluding carboxylic acids is 1. The second-order valence-corrected chi connectivity index (χ2v) is 6.36. The Morgan fingerprint density at radius 1 is 1.14 bits per heavy atom. The molecule has 2 N–H and O–H groups in total. The Bertz CT molecular complexity index is 436. The lowest BCUT2D eigenvalue weighted by Gasteiger charge is -2.34. The molecule has 1 aromatic rings. The second-order valence-electron chi connectivity index (χ2n) is 6.36. The second kappa shape index (κ2) is 7.60.